The van der Waals surface area contributed by atoms with Crippen molar-refractivity contribution >= 4 is 17.6 Å². The van der Waals surface area contributed by atoms with Crippen molar-refractivity contribution in [2.24, 2.45) is 5.73 Å². The number of hydrogen-bond donors (Lipinski definition) is 3. The summed E-state index contributed by atoms with van der Waals surface area (Å²) in [5.74, 6) is 0.539. The normalized spacial score (nSPS) is 14.7. The smallest absolute Gasteiger partial charge is 0.222 e. The summed E-state index contributed by atoms with van der Waals surface area (Å²) < 4.78 is 5.36. The molecule has 7 nitrogen and oxygen atoms in total. The van der Waals surface area contributed by atoms with Crippen LogP contribution in [-0.4, -0.2) is 40.8 Å². The van der Waals surface area contributed by atoms with Gasteiger partial charge in [-0.3, -0.25) is 10.2 Å². The standard InChI is InChI=1S/C20H25N5O2/c21-19(22)11-18(26)5-4-14-2-1-3-15(10-14)16-12-23-20(24-13-16)25-17-6-8-27-9-7-17/h1-3,10,12-13,17H,4-9,11H2,(H3,21,22)(H,23,24,25). The Balaban J connectivity index is 1.60. The van der Waals surface area contributed by atoms with Crippen molar-refractivity contribution in [2.45, 2.75) is 38.1 Å². The van der Waals surface area contributed by atoms with Gasteiger partial charge in [0.05, 0.1) is 12.3 Å². The zero-order valence-corrected chi connectivity index (χ0v) is 15.3. The monoisotopic (exact) mass is 367 g/mol. The number of ketones is 1. The molecule has 0 radical (unpaired) electrons. The molecule has 27 heavy (non-hydrogen) atoms. The fourth-order valence-corrected chi connectivity index (χ4v) is 3.07. The summed E-state index contributed by atoms with van der Waals surface area (Å²) in [6.45, 7) is 1.55. The molecular formula is C20H25N5O2. The van der Waals surface area contributed by atoms with Crippen molar-refractivity contribution in [3.63, 3.8) is 0 Å². The van der Waals surface area contributed by atoms with Crippen molar-refractivity contribution in [1.82, 2.24) is 9.97 Å². The summed E-state index contributed by atoms with van der Waals surface area (Å²) in [6.07, 6.45) is 6.60. The first-order valence-electron chi connectivity index (χ1n) is 9.20. The minimum Gasteiger partial charge on any atom is -0.387 e. The van der Waals surface area contributed by atoms with E-state index < -0.39 is 0 Å². The number of hydrogen-bond acceptors (Lipinski definition) is 6. The molecule has 1 saturated heterocycles. The number of nitrogens with one attached hydrogen (secondary N) is 2. The molecule has 0 amide bonds. The molecule has 0 aliphatic carbocycles. The lowest BCUT2D eigenvalue weighted by atomic mass is 10.0. The zero-order valence-electron chi connectivity index (χ0n) is 15.3. The van der Waals surface area contributed by atoms with E-state index in [-0.39, 0.29) is 18.0 Å². The number of carbonyl (C=O) groups excluding carboxylic acids is 1. The van der Waals surface area contributed by atoms with Gasteiger partial charge in [0.25, 0.3) is 0 Å². The number of anilines is 1. The van der Waals surface area contributed by atoms with Gasteiger partial charge in [0, 0.05) is 43.6 Å². The lowest BCUT2D eigenvalue weighted by Crippen LogP contribution is -2.28. The third-order valence-electron chi connectivity index (χ3n) is 4.55. The molecule has 1 fully saturated rings. The Bertz CT molecular complexity index is 785. The van der Waals surface area contributed by atoms with Gasteiger partial charge in [0.2, 0.25) is 5.95 Å². The third kappa shape index (κ3) is 5.86. The second-order valence-electron chi connectivity index (χ2n) is 6.77. The Morgan fingerprint density at radius 2 is 1.96 bits per heavy atom. The maximum Gasteiger partial charge on any atom is 0.222 e. The molecule has 1 aliphatic heterocycles. The molecule has 0 saturated carbocycles. The fraction of sp³-hybridized carbons (Fsp3) is 0.400. The van der Waals surface area contributed by atoms with Crippen molar-refractivity contribution in [2.75, 3.05) is 18.5 Å². The molecule has 0 bridgehead atoms. The Morgan fingerprint density at radius 3 is 2.67 bits per heavy atom. The number of amidine groups is 1. The van der Waals surface area contributed by atoms with Crippen LogP contribution in [0.3, 0.4) is 0 Å². The van der Waals surface area contributed by atoms with Crippen LogP contribution >= 0.6 is 0 Å². The lowest BCUT2D eigenvalue weighted by molar-refractivity contribution is -0.117. The number of aryl methyl sites for hydroxylation is 1. The van der Waals surface area contributed by atoms with Crippen LogP contribution in [-0.2, 0) is 16.0 Å². The first-order chi connectivity index (χ1) is 13.1. The highest BCUT2D eigenvalue weighted by Gasteiger charge is 2.14. The summed E-state index contributed by atoms with van der Waals surface area (Å²) >= 11 is 0. The van der Waals surface area contributed by atoms with Gasteiger partial charge in [-0.2, -0.15) is 0 Å². The van der Waals surface area contributed by atoms with Gasteiger partial charge in [-0.15, -0.1) is 0 Å². The SMILES string of the molecule is N=C(N)CC(=O)CCc1cccc(-c2cnc(NC3CCOCC3)nc2)c1. The Kier molecular flexibility index (Phi) is 6.49. The minimum atomic E-state index is -0.0830. The Labute approximate surface area is 158 Å². The van der Waals surface area contributed by atoms with Crippen molar-refractivity contribution in [3.05, 3.63) is 42.2 Å². The number of ether oxygens (including phenoxy) is 1. The van der Waals surface area contributed by atoms with Gasteiger partial charge in [-0.05, 0) is 30.4 Å². The number of carbonyl (C=O) groups is 1. The molecule has 4 N–H and O–H groups in total. The summed E-state index contributed by atoms with van der Waals surface area (Å²) in [6, 6.07) is 8.37. The molecule has 1 aromatic carbocycles. The van der Waals surface area contributed by atoms with E-state index >= 15 is 0 Å². The molecule has 0 unspecified atom stereocenters. The number of nitrogens with two attached hydrogens (primary N) is 1. The van der Waals surface area contributed by atoms with E-state index in [0.29, 0.717) is 24.8 Å². The van der Waals surface area contributed by atoms with Gasteiger partial charge in [-0.25, -0.2) is 9.97 Å². The Morgan fingerprint density at radius 1 is 1.22 bits per heavy atom. The number of Topliss-reactive ketones (excluding diaryl/α,β-unsaturated/α-hetero) is 1. The van der Waals surface area contributed by atoms with Gasteiger partial charge in [0.15, 0.2) is 0 Å². The van der Waals surface area contributed by atoms with Crippen LogP contribution in [0.5, 0.6) is 0 Å². The van der Waals surface area contributed by atoms with Gasteiger partial charge >= 0.3 is 0 Å². The summed E-state index contributed by atoms with van der Waals surface area (Å²) in [5.41, 5.74) is 8.29. The van der Waals surface area contributed by atoms with Crippen LogP contribution < -0.4 is 11.1 Å². The molecule has 2 heterocycles. The van der Waals surface area contributed by atoms with Gasteiger partial charge in [0.1, 0.15) is 5.78 Å². The highest BCUT2D eigenvalue weighted by molar-refractivity contribution is 5.98. The largest absolute Gasteiger partial charge is 0.387 e. The highest BCUT2D eigenvalue weighted by atomic mass is 16.5. The minimum absolute atomic E-state index is 0.0141. The van der Waals surface area contributed by atoms with Gasteiger partial charge in [-0.1, -0.05) is 24.3 Å². The van der Waals surface area contributed by atoms with E-state index in [1.54, 1.807) is 0 Å². The van der Waals surface area contributed by atoms with E-state index in [0.717, 1.165) is 42.7 Å². The molecule has 7 heteroatoms. The van der Waals surface area contributed by atoms with Crippen molar-refractivity contribution < 1.29 is 9.53 Å². The van der Waals surface area contributed by atoms with Crippen LogP contribution in [0, 0.1) is 5.41 Å². The molecule has 1 aliphatic rings. The maximum absolute atomic E-state index is 11.7. The van der Waals surface area contributed by atoms with Gasteiger partial charge < -0.3 is 15.8 Å². The molecule has 0 spiro atoms. The third-order valence-corrected chi connectivity index (χ3v) is 4.55. The molecule has 3 rings (SSSR count). The topological polar surface area (TPSA) is 114 Å². The second-order valence-corrected chi connectivity index (χ2v) is 6.77. The molecule has 0 atom stereocenters. The lowest BCUT2D eigenvalue weighted by Gasteiger charge is -2.22. The summed E-state index contributed by atoms with van der Waals surface area (Å²) in [5, 5.41) is 10.5. The average molecular weight is 367 g/mol. The van der Waals surface area contributed by atoms with Crippen LogP contribution in [0.1, 0.15) is 31.2 Å². The number of aromatic nitrogens is 2. The number of rotatable bonds is 8. The average Bonchev–Trinajstić information content (AvgIpc) is 2.67. The van der Waals surface area contributed by atoms with Crippen molar-refractivity contribution in [1.29, 1.82) is 5.41 Å². The second kappa shape index (κ2) is 9.23. The molecular weight excluding hydrogens is 342 g/mol. The van der Waals surface area contributed by atoms with E-state index in [1.807, 2.05) is 36.7 Å². The number of nitrogens with zero attached hydrogens (tertiary/aromatic N) is 2. The Hall–Kier alpha value is -2.80. The zero-order chi connectivity index (χ0) is 19.1. The van der Waals surface area contributed by atoms with E-state index in [4.69, 9.17) is 15.9 Å². The first kappa shape index (κ1) is 19.0. The highest BCUT2D eigenvalue weighted by Crippen LogP contribution is 2.21. The predicted octanol–water partition coefficient (Wildman–Crippen LogP) is 2.56. The fourth-order valence-electron chi connectivity index (χ4n) is 3.07. The van der Waals surface area contributed by atoms with Crippen LogP contribution in [0.15, 0.2) is 36.7 Å². The van der Waals surface area contributed by atoms with E-state index in [2.05, 4.69) is 15.3 Å². The van der Waals surface area contributed by atoms with E-state index in [9.17, 15) is 4.79 Å². The van der Waals surface area contributed by atoms with Crippen LogP contribution in [0.25, 0.3) is 11.1 Å². The summed E-state index contributed by atoms with van der Waals surface area (Å²) in [7, 11) is 0. The predicted molar refractivity (Wildman–Crippen MR) is 105 cm³/mol. The quantitative estimate of drug-likeness (QED) is 0.488. The maximum atomic E-state index is 11.7. The van der Waals surface area contributed by atoms with E-state index in [1.165, 1.54) is 0 Å². The molecule has 1 aromatic heterocycles. The van der Waals surface area contributed by atoms with Crippen LogP contribution in [0.2, 0.25) is 0 Å². The first-order valence-corrected chi connectivity index (χ1v) is 9.20. The van der Waals surface area contributed by atoms with Crippen LogP contribution in [0.4, 0.5) is 5.95 Å². The molecule has 142 valence electrons. The molecule has 2 aromatic rings. The van der Waals surface area contributed by atoms with Crippen molar-refractivity contribution in [3.8, 4) is 11.1 Å². The number of benzene rings is 1. The summed E-state index contributed by atoms with van der Waals surface area (Å²) in [4.78, 5) is 20.6.